The van der Waals surface area contributed by atoms with Gasteiger partial charge in [0.1, 0.15) is 0 Å². The molecule has 0 aliphatic rings. The van der Waals surface area contributed by atoms with Crippen LogP contribution in [0.1, 0.15) is 34.0 Å². The Balaban J connectivity index is 1.74. The summed E-state index contributed by atoms with van der Waals surface area (Å²) in [5.41, 5.74) is 5.74. The van der Waals surface area contributed by atoms with Crippen molar-refractivity contribution in [3.05, 3.63) is 64.8 Å². The summed E-state index contributed by atoms with van der Waals surface area (Å²) in [5, 5.41) is 14.4. The Labute approximate surface area is 164 Å². The number of aromatic nitrogens is 3. The van der Waals surface area contributed by atoms with Gasteiger partial charge in [0.25, 0.3) is 0 Å². The Kier molecular flexibility index (Phi) is 5.84. The molecule has 0 aliphatic heterocycles. The Morgan fingerprint density at radius 1 is 1.04 bits per heavy atom. The van der Waals surface area contributed by atoms with E-state index in [1.54, 1.807) is 37.4 Å². The minimum atomic E-state index is -0.345. The van der Waals surface area contributed by atoms with Crippen molar-refractivity contribution in [2.45, 2.75) is 27.7 Å². The van der Waals surface area contributed by atoms with Crippen LogP contribution in [0.4, 0.5) is 23.1 Å². The number of nitrogens with zero attached hydrogens (tertiary/aromatic N) is 3. The van der Waals surface area contributed by atoms with E-state index in [2.05, 4.69) is 58.7 Å². The van der Waals surface area contributed by atoms with Crippen molar-refractivity contribution in [3.8, 4) is 0 Å². The first kappa shape index (κ1) is 19.3. The Morgan fingerprint density at radius 2 is 1.71 bits per heavy atom. The molecule has 28 heavy (non-hydrogen) atoms. The molecule has 0 spiro atoms. The third-order valence-corrected chi connectivity index (χ3v) is 4.14. The zero-order valence-electron chi connectivity index (χ0n) is 16.4. The van der Waals surface area contributed by atoms with Gasteiger partial charge in [0.15, 0.2) is 5.82 Å². The van der Waals surface area contributed by atoms with Gasteiger partial charge in [-0.3, -0.25) is 0 Å². The summed E-state index contributed by atoms with van der Waals surface area (Å²) in [6.07, 6.45) is 1.58. The molecule has 0 amide bonds. The third kappa shape index (κ3) is 4.62. The van der Waals surface area contributed by atoms with Crippen molar-refractivity contribution in [1.29, 1.82) is 0 Å². The summed E-state index contributed by atoms with van der Waals surface area (Å²) < 4.78 is 4.98. The van der Waals surface area contributed by atoms with E-state index in [0.29, 0.717) is 23.9 Å². The predicted molar refractivity (Wildman–Crippen MR) is 109 cm³/mol. The van der Waals surface area contributed by atoms with Crippen LogP contribution in [0, 0.1) is 20.8 Å². The number of anilines is 4. The molecule has 0 bridgehead atoms. The molecule has 3 aromatic rings. The molecule has 0 radical (unpaired) electrons. The topological polar surface area (TPSA) is 89.0 Å². The number of rotatable bonds is 6. The van der Waals surface area contributed by atoms with E-state index in [4.69, 9.17) is 4.74 Å². The van der Waals surface area contributed by atoms with Crippen LogP contribution in [0.15, 0.2) is 42.6 Å². The fraction of sp³-hybridized carbons (Fsp3) is 0.238. The number of benzene rings is 2. The lowest BCUT2D eigenvalue weighted by atomic mass is 10.1. The van der Waals surface area contributed by atoms with Crippen LogP contribution >= 0.6 is 0 Å². The average Bonchev–Trinajstić information content (AvgIpc) is 2.66. The number of nitrogens with one attached hydrogen (secondary N) is 2. The standard InChI is InChI=1S/C21H23N5O2/c1-5-28-20(27)16-6-8-17(9-7-16)23-21-25-18(12-22-26-21)24-19-14(3)10-13(2)11-15(19)4/h6-12H,5H2,1-4H3,(H2,23,24,25,26). The SMILES string of the molecule is CCOC(=O)c1ccc(Nc2nncc(Nc3c(C)cc(C)cc3C)n2)cc1. The van der Waals surface area contributed by atoms with Crippen molar-refractivity contribution in [2.24, 2.45) is 0 Å². The van der Waals surface area contributed by atoms with E-state index in [1.807, 2.05) is 0 Å². The molecular weight excluding hydrogens is 354 g/mol. The van der Waals surface area contributed by atoms with E-state index in [0.717, 1.165) is 22.5 Å². The van der Waals surface area contributed by atoms with Crippen LogP contribution in [0.5, 0.6) is 0 Å². The van der Waals surface area contributed by atoms with Crippen LogP contribution in [-0.2, 0) is 4.74 Å². The molecule has 7 nitrogen and oxygen atoms in total. The number of carbonyl (C=O) groups excluding carboxylic acids is 1. The number of carbonyl (C=O) groups is 1. The lowest BCUT2D eigenvalue weighted by Gasteiger charge is -2.13. The van der Waals surface area contributed by atoms with Gasteiger partial charge in [0.05, 0.1) is 18.4 Å². The zero-order chi connectivity index (χ0) is 20.1. The fourth-order valence-electron chi connectivity index (χ4n) is 2.96. The summed E-state index contributed by atoms with van der Waals surface area (Å²) in [7, 11) is 0. The van der Waals surface area contributed by atoms with Crippen molar-refractivity contribution in [1.82, 2.24) is 15.2 Å². The summed E-state index contributed by atoms with van der Waals surface area (Å²) >= 11 is 0. The highest BCUT2D eigenvalue weighted by Gasteiger charge is 2.08. The highest BCUT2D eigenvalue weighted by atomic mass is 16.5. The summed E-state index contributed by atoms with van der Waals surface area (Å²) in [6.45, 7) is 8.31. The number of aryl methyl sites for hydroxylation is 3. The molecular formula is C21H23N5O2. The fourth-order valence-corrected chi connectivity index (χ4v) is 2.96. The van der Waals surface area contributed by atoms with E-state index < -0.39 is 0 Å². The van der Waals surface area contributed by atoms with Gasteiger partial charge in [-0.15, -0.1) is 5.10 Å². The van der Waals surface area contributed by atoms with E-state index in [9.17, 15) is 4.79 Å². The molecule has 2 N–H and O–H groups in total. The Hall–Kier alpha value is -3.48. The van der Waals surface area contributed by atoms with Gasteiger partial charge in [-0.1, -0.05) is 17.7 Å². The number of esters is 1. The molecule has 0 unspecified atom stereocenters. The van der Waals surface area contributed by atoms with Gasteiger partial charge < -0.3 is 15.4 Å². The molecule has 144 valence electrons. The Morgan fingerprint density at radius 3 is 2.36 bits per heavy atom. The van der Waals surface area contributed by atoms with Crippen LogP contribution in [0.2, 0.25) is 0 Å². The first-order valence-electron chi connectivity index (χ1n) is 9.05. The van der Waals surface area contributed by atoms with Crippen molar-refractivity contribution in [2.75, 3.05) is 17.2 Å². The zero-order valence-corrected chi connectivity index (χ0v) is 16.4. The number of hydrogen-bond donors (Lipinski definition) is 2. The molecule has 7 heteroatoms. The van der Waals surface area contributed by atoms with E-state index in [-0.39, 0.29) is 5.97 Å². The molecule has 0 aliphatic carbocycles. The average molecular weight is 377 g/mol. The molecule has 0 atom stereocenters. The van der Waals surface area contributed by atoms with Gasteiger partial charge in [-0.05, 0) is 63.1 Å². The first-order valence-corrected chi connectivity index (χ1v) is 9.05. The van der Waals surface area contributed by atoms with Crippen molar-refractivity contribution in [3.63, 3.8) is 0 Å². The molecule has 2 aromatic carbocycles. The van der Waals surface area contributed by atoms with Crippen LogP contribution in [0.3, 0.4) is 0 Å². The van der Waals surface area contributed by atoms with E-state index in [1.165, 1.54) is 5.56 Å². The minimum absolute atomic E-state index is 0.345. The summed E-state index contributed by atoms with van der Waals surface area (Å²) in [5.74, 6) is 0.606. The second kappa shape index (κ2) is 8.47. The molecule has 3 rings (SSSR count). The van der Waals surface area contributed by atoms with Crippen LogP contribution in [0.25, 0.3) is 0 Å². The van der Waals surface area contributed by atoms with Gasteiger partial charge in [-0.25, -0.2) is 4.79 Å². The van der Waals surface area contributed by atoms with E-state index >= 15 is 0 Å². The largest absolute Gasteiger partial charge is 0.462 e. The van der Waals surface area contributed by atoms with Gasteiger partial charge in [0, 0.05) is 11.4 Å². The van der Waals surface area contributed by atoms with Gasteiger partial charge >= 0.3 is 5.97 Å². The molecule has 0 fully saturated rings. The monoisotopic (exact) mass is 377 g/mol. The van der Waals surface area contributed by atoms with Gasteiger partial charge in [0.2, 0.25) is 5.95 Å². The second-order valence-corrected chi connectivity index (χ2v) is 6.49. The maximum atomic E-state index is 11.7. The minimum Gasteiger partial charge on any atom is -0.462 e. The molecule has 0 saturated carbocycles. The summed E-state index contributed by atoms with van der Waals surface area (Å²) in [6, 6.07) is 11.2. The van der Waals surface area contributed by atoms with Crippen molar-refractivity contribution >= 4 is 29.1 Å². The Bertz CT molecular complexity index is 963. The third-order valence-electron chi connectivity index (χ3n) is 4.14. The highest BCUT2D eigenvalue weighted by molar-refractivity contribution is 5.89. The maximum absolute atomic E-state index is 11.7. The number of hydrogen-bond acceptors (Lipinski definition) is 7. The lowest BCUT2D eigenvalue weighted by molar-refractivity contribution is 0.0526. The normalized spacial score (nSPS) is 10.4. The second-order valence-electron chi connectivity index (χ2n) is 6.49. The van der Waals surface area contributed by atoms with Crippen LogP contribution < -0.4 is 10.6 Å². The lowest BCUT2D eigenvalue weighted by Crippen LogP contribution is -2.05. The molecule has 0 saturated heterocycles. The van der Waals surface area contributed by atoms with Crippen LogP contribution in [-0.4, -0.2) is 27.8 Å². The smallest absolute Gasteiger partial charge is 0.338 e. The highest BCUT2D eigenvalue weighted by Crippen LogP contribution is 2.25. The number of ether oxygens (including phenoxy) is 1. The predicted octanol–water partition coefficient (Wildman–Crippen LogP) is 4.46. The van der Waals surface area contributed by atoms with Crippen molar-refractivity contribution < 1.29 is 9.53 Å². The van der Waals surface area contributed by atoms with Gasteiger partial charge in [-0.2, -0.15) is 10.1 Å². The quantitative estimate of drug-likeness (QED) is 0.613. The molecule has 1 heterocycles. The maximum Gasteiger partial charge on any atom is 0.338 e. The molecule has 1 aromatic heterocycles. The summed E-state index contributed by atoms with van der Waals surface area (Å²) in [4.78, 5) is 16.2. The first-order chi connectivity index (χ1) is 13.5.